The normalized spacial score (nSPS) is 10.9. The van der Waals surface area contributed by atoms with Gasteiger partial charge in [-0.05, 0) is 36.8 Å². The smallest absolute Gasteiger partial charge is 0.306 e. The number of thioether (sulfide) groups is 1. The molecule has 1 heterocycles. The Bertz CT molecular complexity index is 1030. The van der Waals surface area contributed by atoms with E-state index in [2.05, 4.69) is 9.72 Å². The maximum absolute atomic E-state index is 13.1. The van der Waals surface area contributed by atoms with Crippen LogP contribution in [-0.2, 0) is 9.53 Å². The van der Waals surface area contributed by atoms with Crippen molar-refractivity contribution in [3.63, 3.8) is 0 Å². The number of esters is 1. The molecule has 0 amide bonds. The number of carbonyl (C=O) groups is 1. The van der Waals surface area contributed by atoms with Crippen LogP contribution in [0.4, 0.5) is 0 Å². The van der Waals surface area contributed by atoms with Crippen LogP contribution in [0.1, 0.15) is 12.0 Å². The molecular formula is C19H17ClN2O3S. The van der Waals surface area contributed by atoms with Gasteiger partial charge in [0.25, 0.3) is 5.56 Å². The fraction of sp³-hybridized carbons (Fsp3) is 0.211. The Morgan fingerprint density at radius 2 is 2.04 bits per heavy atom. The second kappa shape index (κ2) is 7.93. The highest BCUT2D eigenvalue weighted by molar-refractivity contribution is 7.99. The molecule has 0 N–H and O–H groups in total. The number of carbonyl (C=O) groups excluding carboxylic acids is 1. The van der Waals surface area contributed by atoms with E-state index >= 15 is 0 Å². The first-order valence-electron chi connectivity index (χ1n) is 7.99. The van der Waals surface area contributed by atoms with Gasteiger partial charge in [-0.3, -0.25) is 14.2 Å². The van der Waals surface area contributed by atoms with Crippen molar-refractivity contribution in [2.24, 2.45) is 0 Å². The molecule has 1 aromatic heterocycles. The molecular weight excluding hydrogens is 372 g/mol. The highest BCUT2D eigenvalue weighted by atomic mass is 35.5. The third-order valence-electron chi connectivity index (χ3n) is 3.92. The van der Waals surface area contributed by atoms with Gasteiger partial charge in [0, 0.05) is 10.8 Å². The summed E-state index contributed by atoms with van der Waals surface area (Å²) >= 11 is 7.39. The number of hydrogen-bond donors (Lipinski definition) is 0. The third kappa shape index (κ3) is 3.76. The number of benzene rings is 2. The van der Waals surface area contributed by atoms with Crippen LogP contribution < -0.4 is 5.56 Å². The van der Waals surface area contributed by atoms with Gasteiger partial charge in [-0.25, -0.2) is 4.98 Å². The Hall–Kier alpha value is -2.31. The molecule has 0 saturated heterocycles. The molecule has 0 bridgehead atoms. The summed E-state index contributed by atoms with van der Waals surface area (Å²) in [6.07, 6.45) is 0.235. The molecule has 0 aliphatic rings. The van der Waals surface area contributed by atoms with Crippen LogP contribution in [-0.4, -0.2) is 28.4 Å². The molecule has 3 aromatic rings. The molecule has 7 heteroatoms. The molecule has 0 fully saturated rings. The molecule has 0 saturated carbocycles. The van der Waals surface area contributed by atoms with Gasteiger partial charge in [-0.15, -0.1) is 0 Å². The van der Waals surface area contributed by atoms with Gasteiger partial charge < -0.3 is 4.74 Å². The minimum absolute atomic E-state index is 0.165. The number of fused-ring (bicyclic) bond motifs is 1. The second-order valence-electron chi connectivity index (χ2n) is 5.66. The summed E-state index contributed by atoms with van der Waals surface area (Å²) in [4.78, 5) is 29.2. The van der Waals surface area contributed by atoms with Gasteiger partial charge in [0.2, 0.25) is 0 Å². The molecule has 0 radical (unpaired) electrons. The van der Waals surface area contributed by atoms with E-state index in [1.165, 1.54) is 18.9 Å². The Morgan fingerprint density at radius 3 is 2.77 bits per heavy atom. The van der Waals surface area contributed by atoms with Crippen LogP contribution in [0.25, 0.3) is 16.6 Å². The van der Waals surface area contributed by atoms with Gasteiger partial charge in [-0.2, -0.15) is 0 Å². The van der Waals surface area contributed by atoms with Gasteiger partial charge in [-0.1, -0.05) is 41.6 Å². The van der Waals surface area contributed by atoms with Gasteiger partial charge in [0.05, 0.1) is 30.1 Å². The number of nitrogens with zero attached hydrogens (tertiary/aromatic N) is 2. The molecule has 5 nitrogen and oxygen atoms in total. The van der Waals surface area contributed by atoms with Crippen molar-refractivity contribution in [3.05, 3.63) is 63.4 Å². The fourth-order valence-electron chi connectivity index (χ4n) is 2.59. The highest BCUT2D eigenvalue weighted by Crippen LogP contribution is 2.24. The van der Waals surface area contributed by atoms with Crippen molar-refractivity contribution < 1.29 is 9.53 Å². The highest BCUT2D eigenvalue weighted by Gasteiger charge is 2.15. The van der Waals surface area contributed by atoms with E-state index < -0.39 is 0 Å². The number of para-hydroxylation sites is 1. The van der Waals surface area contributed by atoms with Gasteiger partial charge >= 0.3 is 5.97 Å². The zero-order chi connectivity index (χ0) is 18.7. The van der Waals surface area contributed by atoms with E-state index in [1.54, 1.807) is 22.8 Å². The number of ether oxygens (including phenoxy) is 1. The Labute approximate surface area is 160 Å². The number of methoxy groups -OCH3 is 1. The number of halogens is 1. The summed E-state index contributed by atoms with van der Waals surface area (Å²) in [5, 5.41) is 1.53. The van der Waals surface area contributed by atoms with E-state index in [0.717, 1.165) is 11.3 Å². The first-order chi connectivity index (χ1) is 12.5. The Morgan fingerprint density at radius 1 is 1.27 bits per heavy atom. The number of hydrogen-bond acceptors (Lipinski definition) is 5. The van der Waals surface area contributed by atoms with Crippen LogP contribution in [0.15, 0.2) is 52.4 Å². The average molecular weight is 389 g/mol. The molecule has 26 heavy (non-hydrogen) atoms. The third-order valence-corrected chi connectivity index (χ3v) is 5.10. The minimum atomic E-state index is -0.300. The van der Waals surface area contributed by atoms with Crippen molar-refractivity contribution in [1.82, 2.24) is 9.55 Å². The molecule has 134 valence electrons. The maximum atomic E-state index is 13.1. The predicted octanol–water partition coefficient (Wildman–Crippen LogP) is 4.00. The van der Waals surface area contributed by atoms with Crippen molar-refractivity contribution >= 4 is 40.2 Å². The molecule has 0 atom stereocenters. The van der Waals surface area contributed by atoms with E-state index in [4.69, 9.17) is 11.6 Å². The lowest BCUT2D eigenvalue weighted by molar-refractivity contribution is -0.140. The molecule has 3 rings (SSSR count). The Balaban J connectivity index is 2.16. The van der Waals surface area contributed by atoms with Crippen LogP contribution >= 0.6 is 23.4 Å². The lowest BCUT2D eigenvalue weighted by Gasteiger charge is -2.15. The fourth-order valence-corrected chi connectivity index (χ4v) is 3.68. The molecule has 0 aliphatic heterocycles. The summed E-state index contributed by atoms with van der Waals surface area (Å²) in [5.41, 5.74) is 2.09. The van der Waals surface area contributed by atoms with Crippen molar-refractivity contribution in [2.45, 2.75) is 18.5 Å². The van der Waals surface area contributed by atoms with Gasteiger partial charge in [0.1, 0.15) is 0 Å². The first kappa shape index (κ1) is 18.5. The van der Waals surface area contributed by atoms with E-state index in [9.17, 15) is 9.59 Å². The Kier molecular flexibility index (Phi) is 5.64. The largest absolute Gasteiger partial charge is 0.469 e. The summed E-state index contributed by atoms with van der Waals surface area (Å²) in [5.74, 6) is 0.156. The van der Waals surface area contributed by atoms with Crippen molar-refractivity contribution in [3.8, 4) is 5.69 Å². The van der Waals surface area contributed by atoms with Crippen LogP contribution in [0.3, 0.4) is 0 Å². The summed E-state index contributed by atoms with van der Waals surface area (Å²) in [6, 6.07) is 12.7. The number of rotatable bonds is 5. The van der Waals surface area contributed by atoms with Crippen molar-refractivity contribution in [2.75, 3.05) is 12.9 Å². The standard InChI is InChI=1S/C19H17ClN2O3S/c1-12-5-3-4-6-16(12)22-18(24)14-8-7-13(20)11-15(14)21-19(22)26-10-9-17(23)25-2/h3-8,11H,9-10H2,1-2H3. The van der Waals surface area contributed by atoms with E-state index in [1.807, 2.05) is 31.2 Å². The summed E-state index contributed by atoms with van der Waals surface area (Å²) < 4.78 is 6.26. The van der Waals surface area contributed by atoms with E-state index in [0.29, 0.717) is 26.8 Å². The number of aryl methyl sites for hydroxylation is 1. The zero-order valence-corrected chi connectivity index (χ0v) is 15.9. The molecule has 2 aromatic carbocycles. The number of aromatic nitrogens is 2. The van der Waals surface area contributed by atoms with Crippen LogP contribution in [0.5, 0.6) is 0 Å². The van der Waals surface area contributed by atoms with Crippen LogP contribution in [0, 0.1) is 6.92 Å². The molecule has 0 spiro atoms. The van der Waals surface area contributed by atoms with Crippen molar-refractivity contribution in [1.29, 1.82) is 0 Å². The van der Waals surface area contributed by atoms with Gasteiger partial charge in [0.15, 0.2) is 5.16 Å². The molecule has 0 aliphatic carbocycles. The average Bonchev–Trinajstić information content (AvgIpc) is 2.62. The zero-order valence-electron chi connectivity index (χ0n) is 14.4. The van der Waals surface area contributed by atoms with Crippen LogP contribution in [0.2, 0.25) is 5.02 Å². The first-order valence-corrected chi connectivity index (χ1v) is 9.35. The topological polar surface area (TPSA) is 61.2 Å². The molecule has 0 unspecified atom stereocenters. The SMILES string of the molecule is COC(=O)CCSc1nc2cc(Cl)ccc2c(=O)n1-c1ccccc1C. The maximum Gasteiger partial charge on any atom is 0.306 e. The lowest BCUT2D eigenvalue weighted by atomic mass is 10.2. The van der Waals surface area contributed by atoms with E-state index in [-0.39, 0.29) is 17.9 Å². The minimum Gasteiger partial charge on any atom is -0.469 e. The summed E-state index contributed by atoms with van der Waals surface area (Å²) in [7, 11) is 1.35. The second-order valence-corrected chi connectivity index (χ2v) is 7.16. The summed E-state index contributed by atoms with van der Waals surface area (Å²) in [6.45, 7) is 1.94. The monoisotopic (exact) mass is 388 g/mol. The predicted molar refractivity (Wildman–Crippen MR) is 104 cm³/mol. The quantitative estimate of drug-likeness (QED) is 0.375. The lowest BCUT2D eigenvalue weighted by Crippen LogP contribution is -2.22.